The molecule has 18 heavy (non-hydrogen) atoms. The van der Waals surface area contributed by atoms with Crippen molar-refractivity contribution in [2.45, 2.75) is 13.0 Å². The Morgan fingerprint density at radius 3 is 2.61 bits per heavy atom. The van der Waals surface area contributed by atoms with E-state index in [0.29, 0.717) is 6.07 Å². The number of nitrogens with zero attached hydrogens (tertiary/aromatic N) is 1. The summed E-state index contributed by atoms with van der Waals surface area (Å²) in [5, 5.41) is 12.6. The van der Waals surface area contributed by atoms with Gasteiger partial charge in [-0.1, -0.05) is 0 Å². The molecule has 8 heteroatoms. The fraction of sp³-hybridized carbons (Fsp3) is 0.300. The summed E-state index contributed by atoms with van der Waals surface area (Å²) >= 11 is 0. The molecule has 1 rings (SSSR count). The van der Waals surface area contributed by atoms with Crippen LogP contribution in [0.2, 0.25) is 0 Å². The van der Waals surface area contributed by atoms with Crippen molar-refractivity contribution < 1.29 is 23.2 Å². The van der Waals surface area contributed by atoms with E-state index in [1.54, 1.807) is 0 Å². The second kappa shape index (κ2) is 5.50. The van der Waals surface area contributed by atoms with Gasteiger partial charge in [0.1, 0.15) is 6.10 Å². The van der Waals surface area contributed by atoms with Crippen molar-refractivity contribution >= 4 is 17.3 Å². The molecule has 0 fully saturated rings. The maximum Gasteiger partial charge on any atom is 0.296 e. The number of hydrogen-bond acceptors (Lipinski definition) is 4. The zero-order valence-electron chi connectivity index (χ0n) is 9.57. The van der Waals surface area contributed by atoms with E-state index in [4.69, 9.17) is 0 Å². The number of carbonyl (C=O) groups excluding carboxylic acids is 1. The molecule has 0 saturated carbocycles. The van der Waals surface area contributed by atoms with Gasteiger partial charge in [-0.2, -0.15) is 0 Å². The van der Waals surface area contributed by atoms with Crippen LogP contribution in [0.15, 0.2) is 12.1 Å². The van der Waals surface area contributed by atoms with E-state index in [0.717, 1.165) is 6.07 Å². The lowest BCUT2D eigenvalue weighted by molar-refractivity contribution is -0.384. The molecule has 1 aromatic carbocycles. The predicted molar refractivity (Wildman–Crippen MR) is 58.1 cm³/mol. The SMILES string of the molecule is COC(C)C(=O)Nc1c([N+](=O)[O-])ccc(F)c1F. The second-order valence-corrected chi connectivity index (χ2v) is 3.38. The van der Waals surface area contributed by atoms with E-state index in [1.807, 2.05) is 5.32 Å². The first-order chi connectivity index (χ1) is 8.38. The fourth-order valence-corrected chi connectivity index (χ4v) is 1.14. The lowest BCUT2D eigenvalue weighted by Crippen LogP contribution is -2.27. The van der Waals surface area contributed by atoms with Crippen LogP contribution in [0.25, 0.3) is 0 Å². The van der Waals surface area contributed by atoms with Crippen molar-refractivity contribution in [3.8, 4) is 0 Å². The molecule has 98 valence electrons. The van der Waals surface area contributed by atoms with Crippen LogP contribution in [0, 0.1) is 21.7 Å². The number of nitro benzene ring substituents is 1. The van der Waals surface area contributed by atoms with Crippen molar-refractivity contribution in [3.63, 3.8) is 0 Å². The number of hydrogen-bond donors (Lipinski definition) is 1. The monoisotopic (exact) mass is 260 g/mol. The van der Waals surface area contributed by atoms with E-state index in [1.165, 1.54) is 14.0 Å². The number of rotatable bonds is 4. The van der Waals surface area contributed by atoms with Crippen LogP contribution in [-0.4, -0.2) is 24.0 Å². The number of anilines is 1. The lowest BCUT2D eigenvalue weighted by atomic mass is 10.2. The molecule has 1 unspecified atom stereocenters. The van der Waals surface area contributed by atoms with Gasteiger partial charge in [-0.15, -0.1) is 0 Å². The average molecular weight is 260 g/mol. The molecular weight excluding hydrogens is 250 g/mol. The maximum absolute atomic E-state index is 13.4. The largest absolute Gasteiger partial charge is 0.372 e. The quantitative estimate of drug-likeness (QED) is 0.661. The summed E-state index contributed by atoms with van der Waals surface area (Å²) < 4.78 is 31.0. The molecule has 1 aromatic rings. The number of halogens is 2. The van der Waals surface area contributed by atoms with Gasteiger partial charge in [0.25, 0.3) is 11.6 Å². The molecule has 0 aromatic heterocycles. The molecule has 0 aliphatic carbocycles. The third-order valence-electron chi connectivity index (χ3n) is 2.24. The Balaban J connectivity index is 3.17. The number of amides is 1. The highest BCUT2D eigenvalue weighted by Gasteiger charge is 2.24. The summed E-state index contributed by atoms with van der Waals surface area (Å²) in [5.41, 5.74) is -1.54. The van der Waals surface area contributed by atoms with Gasteiger partial charge in [0.15, 0.2) is 17.3 Å². The van der Waals surface area contributed by atoms with Crippen LogP contribution in [0.4, 0.5) is 20.2 Å². The molecule has 1 atom stereocenters. The highest BCUT2D eigenvalue weighted by molar-refractivity contribution is 5.96. The lowest BCUT2D eigenvalue weighted by Gasteiger charge is -2.11. The van der Waals surface area contributed by atoms with E-state index in [-0.39, 0.29) is 0 Å². The summed E-state index contributed by atoms with van der Waals surface area (Å²) in [6.07, 6.45) is -0.952. The van der Waals surface area contributed by atoms with E-state index in [9.17, 15) is 23.7 Å². The Bertz CT molecular complexity index is 493. The third kappa shape index (κ3) is 2.77. The standard InChI is InChI=1S/C10H10F2N2O4/c1-5(18-2)10(15)13-9-7(14(16)17)4-3-6(11)8(9)12/h3-5H,1-2H3,(H,13,15). The molecule has 0 saturated heterocycles. The van der Waals surface area contributed by atoms with Crippen molar-refractivity contribution in [1.82, 2.24) is 0 Å². The van der Waals surface area contributed by atoms with E-state index in [2.05, 4.69) is 4.74 Å². The molecule has 0 aliphatic rings. The smallest absolute Gasteiger partial charge is 0.296 e. The third-order valence-corrected chi connectivity index (χ3v) is 2.24. The topological polar surface area (TPSA) is 81.5 Å². The molecule has 0 bridgehead atoms. The number of methoxy groups -OCH3 is 1. The minimum Gasteiger partial charge on any atom is -0.372 e. The summed E-state index contributed by atoms with van der Waals surface area (Å²) in [7, 11) is 1.24. The van der Waals surface area contributed by atoms with Crippen molar-refractivity contribution in [1.29, 1.82) is 0 Å². The highest BCUT2D eigenvalue weighted by Crippen LogP contribution is 2.29. The number of carbonyl (C=O) groups is 1. The Morgan fingerprint density at radius 1 is 1.50 bits per heavy atom. The van der Waals surface area contributed by atoms with Gasteiger partial charge in [-0.3, -0.25) is 14.9 Å². The van der Waals surface area contributed by atoms with Crippen LogP contribution >= 0.6 is 0 Å². The number of ether oxygens (including phenoxy) is 1. The van der Waals surface area contributed by atoms with Gasteiger partial charge in [0.05, 0.1) is 4.92 Å². The molecular formula is C10H10F2N2O4. The predicted octanol–water partition coefficient (Wildman–Crippen LogP) is 1.85. The average Bonchev–Trinajstić information content (AvgIpc) is 2.33. The summed E-state index contributed by atoms with van der Waals surface area (Å²) in [6, 6.07) is 1.38. The molecule has 1 N–H and O–H groups in total. The normalized spacial score (nSPS) is 12.0. The Morgan fingerprint density at radius 2 is 2.11 bits per heavy atom. The molecule has 1 amide bonds. The Kier molecular flexibility index (Phi) is 4.27. The molecule has 0 radical (unpaired) electrons. The van der Waals surface area contributed by atoms with Crippen LogP contribution < -0.4 is 5.32 Å². The van der Waals surface area contributed by atoms with Crippen molar-refractivity contribution in [3.05, 3.63) is 33.9 Å². The van der Waals surface area contributed by atoms with Gasteiger partial charge in [-0.25, -0.2) is 8.78 Å². The van der Waals surface area contributed by atoms with Crippen LogP contribution in [0.5, 0.6) is 0 Å². The number of nitro groups is 1. The summed E-state index contributed by atoms with van der Waals surface area (Å²) in [4.78, 5) is 21.2. The van der Waals surface area contributed by atoms with E-state index >= 15 is 0 Å². The van der Waals surface area contributed by atoms with E-state index < -0.39 is 39.9 Å². The molecule has 0 spiro atoms. The molecule has 6 nitrogen and oxygen atoms in total. The van der Waals surface area contributed by atoms with Crippen molar-refractivity contribution in [2.75, 3.05) is 12.4 Å². The zero-order valence-corrected chi connectivity index (χ0v) is 9.57. The first kappa shape index (κ1) is 14.0. The number of nitrogens with one attached hydrogen (secondary N) is 1. The van der Waals surface area contributed by atoms with Crippen molar-refractivity contribution in [2.24, 2.45) is 0 Å². The molecule has 0 heterocycles. The highest BCUT2D eigenvalue weighted by atomic mass is 19.2. The van der Waals surface area contributed by atoms with Crippen LogP contribution in [-0.2, 0) is 9.53 Å². The summed E-state index contributed by atoms with van der Waals surface area (Å²) in [5.74, 6) is -3.59. The summed E-state index contributed by atoms with van der Waals surface area (Å²) in [6.45, 7) is 1.36. The van der Waals surface area contributed by atoms with Gasteiger partial charge in [-0.05, 0) is 13.0 Å². The van der Waals surface area contributed by atoms with Crippen LogP contribution in [0.3, 0.4) is 0 Å². The van der Waals surface area contributed by atoms with Gasteiger partial charge >= 0.3 is 0 Å². The number of benzene rings is 1. The van der Waals surface area contributed by atoms with Gasteiger partial charge < -0.3 is 10.1 Å². The molecule has 0 aliphatic heterocycles. The van der Waals surface area contributed by atoms with Gasteiger partial charge in [0, 0.05) is 13.2 Å². The minimum atomic E-state index is -1.49. The fourth-order valence-electron chi connectivity index (χ4n) is 1.14. The first-order valence-corrected chi connectivity index (χ1v) is 4.84. The minimum absolute atomic E-state index is 0.614. The Hall–Kier alpha value is -2.09. The van der Waals surface area contributed by atoms with Gasteiger partial charge in [0.2, 0.25) is 0 Å². The second-order valence-electron chi connectivity index (χ2n) is 3.38. The van der Waals surface area contributed by atoms with Crippen LogP contribution in [0.1, 0.15) is 6.92 Å². The first-order valence-electron chi connectivity index (χ1n) is 4.84. The Labute approximate surface area is 101 Å². The maximum atomic E-state index is 13.4. The zero-order chi connectivity index (χ0) is 13.9.